The Hall–Kier alpha value is -2.12. The number of fused-ring (bicyclic) bond motifs is 7. The summed E-state index contributed by atoms with van der Waals surface area (Å²) in [5, 5.41) is 0. The van der Waals surface area contributed by atoms with Crippen molar-refractivity contribution >= 4 is 11.7 Å². The number of hydrogen-bond acceptors (Lipinski definition) is 6. The topological polar surface area (TPSA) is 74.3 Å². The Morgan fingerprint density at radius 2 is 1.88 bits per heavy atom. The second kappa shape index (κ2) is 5.44. The van der Waals surface area contributed by atoms with Gasteiger partial charge in [0.25, 0.3) is 5.91 Å². The van der Waals surface area contributed by atoms with Crippen LogP contribution in [-0.4, -0.2) is 47.9 Å². The summed E-state index contributed by atoms with van der Waals surface area (Å²) < 4.78 is 22.7. The first-order valence-electron chi connectivity index (χ1n) is 9.01. The van der Waals surface area contributed by atoms with E-state index in [0.29, 0.717) is 31.0 Å². The molecule has 2 fully saturated rings. The fourth-order valence-corrected chi connectivity index (χ4v) is 4.42. The van der Waals surface area contributed by atoms with E-state index in [1.165, 1.54) is 0 Å². The van der Waals surface area contributed by atoms with Gasteiger partial charge in [0, 0.05) is 25.4 Å². The van der Waals surface area contributed by atoms with Crippen molar-refractivity contribution in [2.45, 2.75) is 57.1 Å². The lowest BCUT2D eigenvalue weighted by Crippen LogP contribution is -2.43. The van der Waals surface area contributed by atoms with Crippen LogP contribution in [0.4, 0.5) is 0 Å². The number of hydrogen-bond donors (Lipinski definition) is 0. The van der Waals surface area contributed by atoms with Gasteiger partial charge in [-0.1, -0.05) is 0 Å². The van der Waals surface area contributed by atoms with E-state index < -0.39 is 18.0 Å². The first-order chi connectivity index (χ1) is 12.4. The maximum absolute atomic E-state index is 13.1. The molecule has 2 bridgehead atoms. The summed E-state index contributed by atoms with van der Waals surface area (Å²) in [6.45, 7) is 4.68. The number of rotatable bonds is 0. The van der Waals surface area contributed by atoms with Gasteiger partial charge in [0.1, 0.15) is 11.9 Å². The minimum absolute atomic E-state index is 0.0814. The first-order valence-corrected chi connectivity index (χ1v) is 9.01. The lowest BCUT2D eigenvalue weighted by molar-refractivity contribution is -0.162. The normalized spacial score (nSPS) is 31.8. The second-order valence-corrected chi connectivity index (χ2v) is 7.77. The number of amides is 1. The first kappa shape index (κ1) is 16.1. The highest BCUT2D eigenvalue weighted by Gasteiger charge is 2.49. The molecular formula is C19H21NO6. The fourth-order valence-electron chi connectivity index (χ4n) is 4.42. The van der Waals surface area contributed by atoms with Crippen molar-refractivity contribution in [2.75, 3.05) is 13.3 Å². The van der Waals surface area contributed by atoms with Gasteiger partial charge in [0.05, 0.1) is 0 Å². The van der Waals surface area contributed by atoms with Gasteiger partial charge in [0.15, 0.2) is 23.4 Å². The van der Waals surface area contributed by atoms with Crippen molar-refractivity contribution in [2.24, 2.45) is 0 Å². The monoisotopic (exact) mass is 359 g/mol. The second-order valence-electron chi connectivity index (χ2n) is 7.77. The molecule has 4 aliphatic heterocycles. The molecule has 0 aromatic heterocycles. The van der Waals surface area contributed by atoms with Gasteiger partial charge in [-0.3, -0.25) is 9.59 Å². The zero-order valence-electron chi connectivity index (χ0n) is 14.8. The van der Waals surface area contributed by atoms with Crippen LogP contribution in [0.3, 0.4) is 0 Å². The lowest BCUT2D eigenvalue weighted by atomic mass is 9.86. The van der Waals surface area contributed by atoms with Gasteiger partial charge in [-0.15, -0.1) is 0 Å². The molecule has 7 nitrogen and oxygen atoms in total. The van der Waals surface area contributed by atoms with Gasteiger partial charge in [0.2, 0.25) is 6.79 Å². The number of carbonyl (C=O) groups excluding carboxylic acids is 2. The van der Waals surface area contributed by atoms with E-state index >= 15 is 0 Å². The molecule has 7 heteroatoms. The van der Waals surface area contributed by atoms with Crippen molar-refractivity contribution in [1.29, 1.82) is 0 Å². The third-order valence-electron chi connectivity index (χ3n) is 5.59. The van der Waals surface area contributed by atoms with Crippen molar-refractivity contribution in [3.63, 3.8) is 0 Å². The van der Waals surface area contributed by atoms with Gasteiger partial charge >= 0.3 is 0 Å². The highest BCUT2D eigenvalue weighted by atomic mass is 16.8. The Labute approximate surface area is 151 Å². The Morgan fingerprint density at radius 1 is 1.12 bits per heavy atom. The molecule has 3 unspecified atom stereocenters. The van der Waals surface area contributed by atoms with Crippen LogP contribution < -0.4 is 9.47 Å². The number of carbonyl (C=O) groups is 2. The third-order valence-corrected chi connectivity index (χ3v) is 5.59. The molecule has 0 radical (unpaired) electrons. The van der Waals surface area contributed by atoms with Crippen molar-refractivity contribution in [3.8, 4) is 11.5 Å². The Kier molecular flexibility index (Phi) is 3.36. The van der Waals surface area contributed by atoms with Crippen LogP contribution in [0.25, 0.3) is 0 Å². The number of ether oxygens (including phenoxy) is 4. The number of benzene rings is 1. The van der Waals surface area contributed by atoms with Crippen LogP contribution in [0.2, 0.25) is 0 Å². The van der Waals surface area contributed by atoms with E-state index in [1.54, 1.807) is 18.7 Å². The lowest BCUT2D eigenvalue weighted by Gasteiger charge is -2.26. The van der Waals surface area contributed by atoms with Gasteiger partial charge in [-0.25, -0.2) is 0 Å². The van der Waals surface area contributed by atoms with Gasteiger partial charge in [-0.05, 0) is 43.5 Å². The Balaban J connectivity index is 1.60. The van der Waals surface area contributed by atoms with Gasteiger partial charge < -0.3 is 23.8 Å². The summed E-state index contributed by atoms with van der Waals surface area (Å²) in [6, 6.07) is 3.81. The zero-order chi connectivity index (χ0) is 18.1. The molecule has 1 amide bonds. The van der Waals surface area contributed by atoms with Crippen LogP contribution in [0.15, 0.2) is 12.1 Å². The summed E-state index contributed by atoms with van der Waals surface area (Å²) in [7, 11) is 0. The maximum Gasteiger partial charge on any atom is 0.254 e. The number of ketones is 1. The van der Waals surface area contributed by atoms with E-state index in [1.807, 2.05) is 12.1 Å². The minimum atomic E-state index is -0.866. The molecule has 4 heterocycles. The fraction of sp³-hybridized carbons (Fsp3) is 0.579. The standard InChI is InChI=1S/C19H21NO6/c1-19(2)25-16-7-13(21)11-3-4-20(18(22)17(16)26-19)8-10-5-14-15(6-12(10)11)24-9-23-14/h5-6,11,16-17H,3-4,7-9H2,1-2H3. The molecule has 5 rings (SSSR count). The molecule has 4 aliphatic rings. The van der Waals surface area contributed by atoms with E-state index in [0.717, 1.165) is 11.1 Å². The number of Topliss-reactive ketones (excluding diaryl/α,β-unsaturated/α-hetero) is 1. The average Bonchev–Trinajstić information content (AvgIpc) is 3.09. The van der Waals surface area contributed by atoms with Crippen molar-refractivity contribution in [1.82, 2.24) is 4.90 Å². The van der Waals surface area contributed by atoms with Crippen molar-refractivity contribution < 1.29 is 28.5 Å². The average molecular weight is 359 g/mol. The SMILES string of the molecule is CC1(C)OC2CC(=O)C3CCN(Cc4cc5c(cc43)OCO5)C(=O)C2O1. The minimum Gasteiger partial charge on any atom is -0.454 e. The Bertz CT molecular complexity index is 803. The maximum atomic E-state index is 13.1. The molecule has 26 heavy (non-hydrogen) atoms. The highest BCUT2D eigenvalue weighted by molar-refractivity contribution is 5.90. The van der Waals surface area contributed by atoms with Crippen LogP contribution in [-0.2, 0) is 25.6 Å². The van der Waals surface area contributed by atoms with Crippen LogP contribution in [0, 0.1) is 0 Å². The molecule has 0 spiro atoms. The third kappa shape index (κ3) is 2.41. The summed E-state index contributed by atoms with van der Waals surface area (Å²) in [5.74, 6) is 0.162. The van der Waals surface area contributed by atoms with E-state index in [4.69, 9.17) is 18.9 Å². The largest absolute Gasteiger partial charge is 0.454 e. The van der Waals surface area contributed by atoms with Crippen LogP contribution >= 0.6 is 0 Å². The molecular weight excluding hydrogens is 338 g/mol. The molecule has 3 atom stereocenters. The molecule has 1 aromatic rings. The zero-order valence-corrected chi connectivity index (χ0v) is 14.8. The predicted molar refractivity (Wildman–Crippen MR) is 88.8 cm³/mol. The highest BCUT2D eigenvalue weighted by Crippen LogP contribution is 2.42. The van der Waals surface area contributed by atoms with E-state index in [2.05, 4.69) is 0 Å². The quantitative estimate of drug-likeness (QED) is 0.702. The predicted octanol–water partition coefficient (Wildman–Crippen LogP) is 1.72. The Morgan fingerprint density at radius 3 is 2.69 bits per heavy atom. The molecule has 0 N–H and O–H groups in total. The summed E-state index contributed by atoms with van der Waals surface area (Å²) >= 11 is 0. The van der Waals surface area contributed by atoms with E-state index in [9.17, 15) is 9.59 Å². The molecule has 2 saturated heterocycles. The molecule has 0 saturated carbocycles. The van der Waals surface area contributed by atoms with Crippen LogP contribution in [0.1, 0.15) is 43.7 Å². The van der Waals surface area contributed by atoms with Crippen LogP contribution in [0.5, 0.6) is 11.5 Å². The molecule has 0 aliphatic carbocycles. The summed E-state index contributed by atoms with van der Waals surface area (Å²) in [6.07, 6.45) is -0.501. The summed E-state index contributed by atoms with van der Waals surface area (Å²) in [5.41, 5.74) is 1.88. The molecule has 138 valence electrons. The van der Waals surface area contributed by atoms with Crippen molar-refractivity contribution in [3.05, 3.63) is 23.3 Å². The smallest absolute Gasteiger partial charge is 0.254 e. The number of nitrogens with zero attached hydrogens (tertiary/aromatic N) is 1. The summed E-state index contributed by atoms with van der Waals surface area (Å²) in [4.78, 5) is 28.0. The molecule has 1 aromatic carbocycles. The van der Waals surface area contributed by atoms with E-state index in [-0.39, 0.29) is 30.8 Å². The van der Waals surface area contributed by atoms with Gasteiger partial charge in [-0.2, -0.15) is 0 Å².